The van der Waals surface area contributed by atoms with E-state index in [4.69, 9.17) is 23.2 Å². The van der Waals surface area contributed by atoms with Gasteiger partial charge in [0.1, 0.15) is 10.8 Å². The number of halogens is 2. The summed E-state index contributed by atoms with van der Waals surface area (Å²) in [4.78, 5) is 17.0. The van der Waals surface area contributed by atoms with Crippen molar-refractivity contribution in [2.24, 2.45) is 0 Å². The maximum Gasteiger partial charge on any atom is 0.158 e. The number of hydrogen-bond donors (Lipinski definition) is 0. The Balaban J connectivity index is 3.20. The lowest BCUT2D eigenvalue weighted by Gasteiger charge is -2.01. The van der Waals surface area contributed by atoms with Crippen LogP contribution in [0.1, 0.15) is 10.5 Å². The molecule has 58 valence electrons. The molecule has 0 aliphatic heterocycles. The Kier molecular flexibility index (Phi) is 2.26. The van der Waals surface area contributed by atoms with Gasteiger partial charge in [0, 0.05) is 0 Å². The Hall–Kier alpha value is -0.870. The summed E-state index contributed by atoms with van der Waals surface area (Å²) < 4.78 is 0. The molecule has 0 unspecified atom stereocenters. The predicted octanol–water partition coefficient (Wildman–Crippen LogP) is 0.147. The molecule has 0 atom stereocenters. The van der Waals surface area contributed by atoms with Crippen LogP contribution in [0.4, 0.5) is 0 Å². The molecule has 1 aromatic heterocycles. The number of nitrogens with zero attached hydrogens (tertiary/aromatic N) is 2. The summed E-state index contributed by atoms with van der Waals surface area (Å²) >= 11 is 10.7. The number of carbonyl (C=O) groups excluding carboxylic acids is 1. The lowest BCUT2D eigenvalue weighted by Crippen LogP contribution is -2.24. The van der Waals surface area contributed by atoms with Gasteiger partial charge in [0.05, 0.1) is 12.2 Å². The van der Waals surface area contributed by atoms with Crippen LogP contribution in [0.25, 0.3) is 0 Å². The van der Waals surface area contributed by atoms with Crippen molar-refractivity contribution in [2.45, 2.75) is 0 Å². The number of rotatable bonds is 1. The molecule has 4 nitrogen and oxygen atoms in total. The second kappa shape index (κ2) is 3.02. The smallest absolute Gasteiger partial charge is 0.158 e. The molecule has 0 aliphatic rings. The second-order valence-corrected chi connectivity index (χ2v) is 2.36. The Labute approximate surface area is 71.8 Å². The molecule has 0 N–H and O–H groups in total. The maximum atomic E-state index is 10.2. The van der Waals surface area contributed by atoms with E-state index in [1.165, 1.54) is 0 Å². The zero-order valence-electron chi connectivity index (χ0n) is 5.04. The molecular weight excluding hydrogens is 191 g/mol. The molecule has 0 amide bonds. The van der Waals surface area contributed by atoms with Crippen molar-refractivity contribution in [3.63, 3.8) is 0 Å². The minimum absolute atomic E-state index is 0.0417. The van der Waals surface area contributed by atoms with Crippen LogP contribution in [-0.2, 0) is 0 Å². The Bertz CT molecular complexity index is 303. The van der Waals surface area contributed by atoms with E-state index < -0.39 is 11.7 Å². The second-order valence-electron chi connectivity index (χ2n) is 1.62. The first kappa shape index (κ1) is 8.23. The highest BCUT2D eigenvalue weighted by molar-refractivity contribution is 6.33. The van der Waals surface area contributed by atoms with Crippen LogP contribution in [-0.4, -0.2) is 15.9 Å². The third-order valence-corrected chi connectivity index (χ3v) is 1.34. The molecule has 0 spiro atoms. The van der Waals surface area contributed by atoms with Crippen LogP contribution in [0, 0.1) is 0 Å². The zero-order valence-corrected chi connectivity index (χ0v) is 6.56. The molecule has 0 radical (unpaired) electrons. The maximum absolute atomic E-state index is 10.2. The van der Waals surface area contributed by atoms with Crippen LogP contribution in [0.5, 0.6) is 0 Å². The zero-order chi connectivity index (χ0) is 8.43. The Morgan fingerprint density at radius 1 is 1.55 bits per heavy atom. The van der Waals surface area contributed by atoms with Crippen molar-refractivity contribution < 1.29 is 9.90 Å². The average Bonchev–Trinajstić information content (AvgIpc) is 1.85. The van der Waals surface area contributed by atoms with Crippen LogP contribution < -0.4 is 5.11 Å². The fraction of sp³-hybridized carbons (Fsp3) is 0. The van der Waals surface area contributed by atoms with E-state index in [0.29, 0.717) is 0 Å². The molecule has 1 rings (SSSR count). The highest BCUT2D eigenvalue weighted by Crippen LogP contribution is 2.12. The number of carboxylic acid groups (broad SMARTS) is 1. The molecule has 0 aromatic carbocycles. The molecule has 1 aromatic rings. The molecule has 0 bridgehead atoms. The van der Waals surface area contributed by atoms with E-state index in [1.54, 1.807) is 0 Å². The van der Waals surface area contributed by atoms with Crippen molar-refractivity contribution in [3.8, 4) is 0 Å². The van der Waals surface area contributed by atoms with Gasteiger partial charge < -0.3 is 9.90 Å². The van der Waals surface area contributed by atoms with Crippen LogP contribution in [0.3, 0.4) is 0 Å². The number of aromatic nitrogens is 2. The quantitative estimate of drug-likeness (QED) is 0.634. The first-order valence-electron chi connectivity index (χ1n) is 2.50. The monoisotopic (exact) mass is 191 g/mol. The van der Waals surface area contributed by atoms with Gasteiger partial charge in [-0.15, -0.1) is 0 Å². The highest BCUT2D eigenvalue weighted by atomic mass is 35.5. The largest absolute Gasteiger partial charge is 0.543 e. The van der Waals surface area contributed by atoms with E-state index in [0.717, 1.165) is 6.20 Å². The van der Waals surface area contributed by atoms with Crippen LogP contribution >= 0.6 is 23.2 Å². The van der Waals surface area contributed by atoms with E-state index in [9.17, 15) is 9.90 Å². The van der Waals surface area contributed by atoms with Crippen molar-refractivity contribution in [2.75, 3.05) is 0 Å². The van der Waals surface area contributed by atoms with E-state index in [1.807, 2.05) is 0 Å². The van der Waals surface area contributed by atoms with Crippen molar-refractivity contribution in [1.29, 1.82) is 0 Å². The van der Waals surface area contributed by atoms with Crippen LogP contribution in [0.15, 0.2) is 6.20 Å². The topological polar surface area (TPSA) is 65.9 Å². The minimum Gasteiger partial charge on any atom is -0.543 e. The minimum atomic E-state index is -1.47. The van der Waals surface area contributed by atoms with Crippen molar-refractivity contribution in [1.82, 2.24) is 9.97 Å². The Morgan fingerprint density at radius 2 is 2.18 bits per heavy atom. The molecule has 0 saturated heterocycles. The van der Waals surface area contributed by atoms with Gasteiger partial charge >= 0.3 is 0 Å². The number of hydrogen-bond acceptors (Lipinski definition) is 4. The standard InChI is InChI=1S/C5H2Cl2N2O2/c6-2-1-8-3(5(10)11)4(7)9-2/h1H,(H,10,11)/p-1. The van der Waals surface area contributed by atoms with E-state index in [2.05, 4.69) is 9.97 Å². The average molecular weight is 192 g/mol. The van der Waals surface area contributed by atoms with Crippen LogP contribution in [0.2, 0.25) is 10.3 Å². The molecular formula is C5HCl2N2O2-. The summed E-state index contributed by atoms with van der Waals surface area (Å²) in [5.74, 6) is -1.47. The SMILES string of the molecule is O=C([O-])c1ncc(Cl)nc1Cl. The Morgan fingerprint density at radius 3 is 2.64 bits per heavy atom. The van der Waals surface area contributed by atoms with Gasteiger partial charge in [-0.25, -0.2) is 9.97 Å². The first-order valence-corrected chi connectivity index (χ1v) is 3.26. The molecule has 11 heavy (non-hydrogen) atoms. The van der Waals surface area contributed by atoms with Gasteiger partial charge in [0.15, 0.2) is 5.15 Å². The summed E-state index contributed by atoms with van der Waals surface area (Å²) in [5.41, 5.74) is -0.406. The summed E-state index contributed by atoms with van der Waals surface area (Å²) in [7, 11) is 0. The van der Waals surface area contributed by atoms with Gasteiger partial charge in [0.2, 0.25) is 0 Å². The lowest BCUT2D eigenvalue weighted by atomic mass is 10.5. The summed E-state index contributed by atoms with van der Waals surface area (Å²) in [6.45, 7) is 0. The van der Waals surface area contributed by atoms with Gasteiger partial charge in [-0.3, -0.25) is 0 Å². The lowest BCUT2D eigenvalue weighted by molar-refractivity contribution is -0.255. The molecule has 0 fully saturated rings. The van der Waals surface area contributed by atoms with Gasteiger partial charge in [-0.05, 0) is 0 Å². The number of carbonyl (C=O) groups is 1. The fourth-order valence-electron chi connectivity index (χ4n) is 0.484. The molecule has 0 aliphatic carbocycles. The van der Waals surface area contributed by atoms with E-state index in [-0.39, 0.29) is 10.3 Å². The third kappa shape index (κ3) is 1.78. The van der Waals surface area contributed by atoms with Crippen molar-refractivity contribution in [3.05, 3.63) is 22.2 Å². The summed E-state index contributed by atoms with van der Waals surface area (Å²) in [5, 5.41) is 9.97. The van der Waals surface area contributed by atoms with Gasteiger partial charge in [0.25, 0.3) is 0 Å². The highest BCUT2D eigenvalue weighted by Gasteiger charge is 2.03. The van der Waals surface area contributed by atoms with Crippen molar-refractivity contribution >= 4 is 29.2 Å². The predicted molar refractivity (Wildman–Crippen MR) is 36.4 cm³/mol. The molecule has 1 heterocycles. The van der Waals surface area contributed by atoms with Gasteiger partial charge in [-0.1, -0.05) is 23.2 Å². The van der Waals surface area contributed by atoms with Gasteiger partial charge in [-0.2, -0.15) is 0 Å². The summed E-state index contributed by atoms with van der Waals surface area (Å²) in [6.07, 6.45) is 1.08. The number of carboxylic acids is 1. The molecule has 6 heteroatoms. The first-order chi connectivity index (χ1) is 5.11. The molecule has 0 saturated carbocycles. The summed E-state index contributed by atoms with van der Waals surface area (Å²) in [6, 6.07) is 0. The van der Waals surface area contributed by atoms with E-state index >= 15 is 0 Å². The number of aromatic carboxylic acids is 1. The third-order valence-electron chi connectivity index (χ3n) is 0.894. The fourth-order valence-corrected chi connectivity index (χ4v) is 0.877. The normalized spacial score (nSPS) is 9.64.